The van der Waals surface area contributed by atoms with E-state index in [9.17, 15) is 14.7 Å². The van der Waals surface area contributed by atoms with Crippen molar-refractivity contribution in [2.75, 3.05) is 6.54 Å². The lowest BCUT2D eigenvalue weighted by Crippen LogP contribution is -2.43. The van der Waals surface area contributed by atoms with E-state index in [0.29, 0.717) is 25.3 Å². The van der Waals surface area contributed by atoms with Crippen molar-refractivity contribution in [3.63, 3.8) is 0 Å². The molecule has 5 heteroatoms. The van der Waals surface area contributed by atoms with Crippen LogP contribution in [0.5, 0.6) is 0 Å². The first kappa shape index (κ1) is 15.2. The Balaban J connectivity index is 1.44. The maximum absolute atomic E-state index is 12.6. The van der Waals surface area contributed by atoms with Crippen molar-refractivity contribution >= 4 is 22.8 Å². The van der Waals surface area contributed by atoms with E-state index in [1.807, 2.05) is 24.4 Å². The van der Waals surface area contributed by atoms with Crippen molar-refractivity contribution in [2.45, 2.75) is 38.1 Å². The maximum Gasteiger partial charge on any atom is 0.326 e. The molecule has 1 saturated carbocycles. The Morgan fingerprint density at radius 3 is 2.96 bits per heavy atom. The molecule has 1 aliphatic heterocycles. The third-order valence-electron chi connectivity index (χ3n) is 5.71. The molecule has 126 valence electrons. The number of aromatic nitrogens is 1. The summed E-state index contributed by atoms with van der Waals surface area (Å²) in [5, 5.41) is 10.7. The number of aryl methyl sites for hydroxylation is 1. The van der Waals surface area contributed by atoms with E-state index in [1.54, 1.807) is 4.90 Å². The Morgan fingerprint density at radius 2 is 2.12 bits per heavy atom. The molecular weight excluding hydrogens is 304 g/mol. The van der Waals surface area contributed by atoms with Gasteiger partial charge in [-0.25, -0.2) is 4.79 Å². The molecule has 1 aromatic carbocycles. The lowest BCUT2D eigenvalue weighted by Gasteiger charge is -2.24. The number of carbonyl (C=O) groups excluding carboxylic acids is 1. The van der Waals surface area contributed by atoms with Gasteiger partial charge in [0.2, 0.25) is 5.91 Å². The number of aliphatic carboxylic acids is 1. The van der Waals surface area contributed by atoms with Crippen LogP contribution >= 0.6 is 0 Å². The number of nitrogens with one attached hydrogen (secondary N) is 1. The first-order valence-corrected chi connectivity index (χ1v) is 8.72. The topological polar surface area (TPSA) is 73.4 Å². The highest BCUT2D eigenvalue weighted by atomic mass is 16.4. The van der Waals surface area contributed by atoms with Crippen LogP contribution in [0.1, 0.15) is 31.2 Å². The summed E-state index contributed by atoms with van der Waals surface area (Å²) in [5.41, 5.74) is 2.20. The number of rotatable bonds is 4. The molecule has 0 bridgehead atoms. The highest BCUT2D eigenvalue weighted by Gasteiger charge is 2.49. The Kier molecular flexibility index (Phi) is 3.79. The Hall–Kier alpha value is -2.30. The molecule has 2 heterocycles. The number of amides is 1. The zero-order valence-electron chi connectivity index (χ0n) is 13.6. The van der Waals surface area contributed by atoms with Crippen molar-refractivity contribution < 1.29 is 14.7 Å². The number of hydrogen-bond acceptors (Lipinski definition) is 2. The van der Waals surface area contributed by atoms with Crippen LogP contribution in [0, 0.1) is 11.8 Å². The van der Waals surface area contributed by atoms with Gasteiger partial charge >= 0.3 is 5.97 Å². The molecule has 0 spiro atoms. The van der Waals surface area contributed by atoms with E-state index in [-0.39, 0.29) is 11.8 Å². The van der Waals surface area contributed by atoms with Gasteiger partial charge in [0.15, 0.2) is 0 Å². The minimum atomic E-state index is -0.841. The second-order valence-corrected chi connectivity index (χ2v) is 7.08. The van der Waals surface area contributed by atoms with Gasteiger partial charge in [-0.1, -0.05) is 12.5 Å². The minimum absolute atomic E-state index is 0.0223. The van der Waals surface area contributed by atoms with Crippen LogP contribution in [-0.2, 0) is 16.0 Å². The second kappa shape index (κ2) is 5.96. The van der Waals surface area contributed by atoms with Gasteiger partial charge in [-0.15, -0.1) is 0 Å². The zero-order chi connectivity index (χ0) is 16.7. The SMILES string of the molecule is O=C(O)[C@@H]1[C@H]2CCC[C@@H]2CN1C(=O)CCc1ccc2[nH]ccc2c1. The Morgan fingerprint density at radius 1 is 1.25 bits per heavy atom. The molecule has 0 radical (unpaired) electrons. The number of fused-ring (bicyclic) bond motifs is 2. The van der Waals surface area contributed by atoms with E-state index in [1.165, 1.54) is 0 Å². The molecule has 5 nitrogen and oxygen atoms in total. The van der Waals surface area contributed by atoms with Gasteiger partial charge in [-0.3, -0.25) is 4.79 Å². The van der Waals surface area contributed by atoms with Crippen LogP contribution < -0.4 is 0 Å². The molecule has 1 aromatic heterocycles. The largest absolute Gasteiger partial charge is 0.480 e. The molecule has 2 fully saturated rings. The number of hydrogen-bond donors (Lipinski definition) is 2. The van der Waals surface area contributed by atoms with E-state index in [4.69, 9.17) is 0 Å². The first-order valence-electron chi connectivity index (χ1n) is 8.72. The number of carboxylic acid groups (broad SMARTS) is 1. The normalized spacial score (nSPS) is 26.0. The fourth-order valence-corrected chi connectivity index (χ4v) is 4.53. The van der Waals surface area contributed by atoms with Gasteiger partial charge in [0, 0.05) is 24.7 Å². The van der Waals surface area contributed by atoms with Crippen molar-refractivity contribution in [1.82, 2.24) is 9.88 Å². The van der Waals surface area contributed by atoms with E-state index >= 15 is 0 Å². The van der Waals surface area contributed by atoms with Crippen molar-refractivity contribution in [1.29, 1.82) is 0 Å². The molecule has 2 aromatic rings. The van der Waals surface area contributed by atoms with Gasteiger partial charge in [-0.05, 0) is 60.2 Å². The fourth-order valence-electron chi connectivity index (χ4n) is 4.53. The molecule has 1 saturated heterocycles. The molecule has 24 heavy (non-hydrogen) atoms. The fraction of sp³-hybridized carbons (Fsp3) is 0.474. The summed E-state index contributed by atoms with van der Waals surface area (Å²) in [7, 11) is 0. The van der Waals surface area contributed by atoms with E-state index in [2.05, 4.69) is 11.1 Å². The Labute approximate surface area is 140 Å². The summed E-state index contributed by atoms with van der Waals surface area (Å²) in [6, 6.07) is 7.54. The molecular formula is C19H22N2O3. The average Bonchev–Trinajstić information content (AvgIpc) is 3.25. The number of aromatic amines is 1. The summed E-state index contributed by atoms with van der Waals surface area (Å²) in [4.78, 5) is 29.1. The van der Waals surface area contributed by atoms with Gasteiger partial charge < -0.3 is 15.0 Å². The summed E-state index contributed by atoms with van der Waals surface area (Å²) in [5.74, 6) is -0.327. The van der Waals surface area contributed by atoms with Crippen LogP contribution in [0.15, 0.2) is 30.5 Å². The standard InChI is InChI=1S/C19H22N2O3/c22-17(7-5-12-4-6-16-13(10-12)8-9-20-16)21-11-14-2-1-3-15(14)18(21)19(23)24/h4,6,8-10,14-15,18,20H,1-3,5,7,11H2,(H,23,24)/t14-,15+,18+/m1/s1. The minimum Gasteiger partial charge on any atom is -0.480 e. The third kappa shape index (κ3) is 2.58. The molecule has 4 rings (SSSR count). The molecule has 1 aliphatic carbocycles. The van der Waals surface area contributed by atoms with Gasteiger partial charge in [0.1, 0.15) is 6.04 Å². The molecule has 2 aliphatic rings. The van der Waals surface area contributed by atoms with Crippen molar-refractivity contribution in [3.05, 3.63) is 36.0 Å². The smallest absolute Gasteiger partial charge is 0.326 e. The maximum atomic E-state index is 12.6. The van der Waals surface area contributed by atoms with Gasteiger partial charge in [-0.2, -0.15) is 0 Å². The lowest BCUT2D eigenvalue weighted by molar-refractivity contribution is -0.149. The lowest BCUT2D eigenvalue weighted by atomic mass is 9.94. The quantitative estimate of drug-likeness (QED) is 0.907. The predicted molar refractivity (Wildman–Crippen MR) is 90.6 cm³/mol. The second-order valence-electron chi connectivity index (χ2n) is 7.08. The summed E-state index contributed by atoms with van der Waals surface area (Å²) in [6.07, 6.45) is 6.02. The van der Waals surface area contributed by atoms with Gasteiger partial charge in [0.05, 0.1) is 0 Å². The van der Waals surface area contributed by atoms with Crippen LogP contribution in [0.3, 0.4) is 0 Å². The third-order valence-corrected chi connectivity index (χ3v) is 5.71. The van der Waals surface area contributed by atoms with Crippen LogP contribution in [-0.4, -0.2) is 39.5 Å². The van der Waals surface area contributed by atoms with Crippen LogP contribution in [0.2, 0.25) is 0 Å². The van der Waals surface area contributed by atoms with Gasteiger partial charge in [0.25, 0.3) is 0 Å². The zero-order valence-corrected chi connectivity index (χ0v) is 13.6. The summed E-state index contributed by atoms with van der Waals surface area (Å²) >= 11 is 0. The van der Waals surface area contributed by atoms with Crippen LogP contribution in [0.25, 0.3) is 10.9 Å². The highest BCUT2D eigenvalue weighted by Crippen LogP contribution is 2.42. The monoisotopic (exact) mass is 326 g/mol. The molecule has 2 N–H and O–H groups in total. The highest BCUT2D eigenvalue weighted by molar-refractivity contribution is 5.85. The van der Waals surface area contributed by atoms with Crippen LogP contribution in [0.4, 0.5) is 0 Å². The predicted octanol–water partition coefficient (Wildman–Crippen LogP) is 2.81. The first-order chi connectivity index (χ1) is 11.6. The molecule has 0 unspecified atom stereocenters. The molecule has 3 atom stereocenters. The number of H-pyrrole nitrogens is 1. The van der Waals surface area contributed by atoms with E-state index < -0.39 is 12.0 Å². The van der Waals surface area contributed by atoms with E-state index in [0.717, 1.165) is 35.7 Å². The number of carbonyl (C=O) groups is 2. The summed E-state index contributed by atoms with van der Waals surface area (Å²) < 4.78 is 0. The number of likely N-dealkylation sites (tertiary alicyclic amines) is 1. The number of carboxylic acids is 1. The number of nitrogens with zero attached hydrogens (tertiary/aromatic N) is 1. The summed E-state index contributed by atoms with van der Waals surface area (Å²) in [6.45, 7) is 0.622. The molecule has 1 amide bonds. The number of benzene rings is 1. The van der Waals surface area contributed by atoms with Crippen molar-refractivity contribution in [3.8, 4) is 0 Å². The Bertz CT molecular complexity index is 782. The van der Waals surface area contributed by atoms with Crippen molar-refractivity contribution in [2.24, 2.45) is 11.8 Å². The average molecular weight is 326 g/mol.